The number of hydrogen-bond acceptors (Lipinski definition) is 6. The number of alkyl halides is 3. The van der Waals surface area contributed by atoms with Gasteiger partial charge in [-0.25, -0.2) is 4.79 Å². The Bertz CT molecular complexity index is 2360. The summed E-state index contributed by atoms with van der Waals surface area (Å²) >= 11 is 0. The van der Waals surface area contributed by atoms with E-state index < -0.39 is 35.3 Å². The molecule has 0 saturated carbocycles. The van der Waals surface area contributed by atoms with Crippen LogP contribution in [0.1, 0.15) is 67.5 Å². The monoisotopic (exact) mass is 789 g/mol. The highest BCUT2D eigenvalue weighted by Crippen LogP contribution is 2.48. The Labute approximate surface area is 335 Å². The summed E-state index contributed by atoms with van der Waals surface area (Å²) < 4.78 is 51.2. The minimum absolute atomic E-state index is 0.110. The van der Waals surface area contributed by atoms with E-state index in [1.807, 2.05) is 69.3 Å². The molecule has 8 rings (SSSR count). The topological polar surface area (TPSA) is 97.8 Å². The van der Waals surface area contributed by atoms with Crippen LogP contribution in [0.3, 0.4) is 0 Å². The van der Waals surface area contributed by atoms with Crippen molar-refractivity contribution in [1.82, 2.24) is 15.2 Å². The van der Waals surface area contributed by atoms with Crippen LogP contribution in [0.25, 0.3) is 33.2 Å². The van der Waals surface area contributed by atoms with Gasteiger partial charge in [0.1, 0.15) is 12.6 Å². The third-order valence-corrected chi connectivity index (χ3v) is 12.1. The number of alkyl carbamates (subject to hydrolysis) is 1. The first-order chi connectivity index (χ1) is 27.6. The number of methoxy groups -OCH3 is 1. The van der Waals surface area contributed by atoms with E-state index in [0.29, 0.717) is 48.9 Å². The summed E-state index contributed by atoms with van der Waals surface area (Å²) in [5, 5.41) is 3.69. The molecule has 300 valence electrons. The first-order valence-electron chi connectivity index (χ1n) is 19.7. The number of carbonyl (C=O) groups excluding carboxylic acids is 3. The quantitative estimate of drug-likeness (QED) is 0.165. The summed E-state index contributed by atoms with van der Waals surface area (Å²) in [7, 11) is 1.36. The zero-order valence-corrected chi connectivity index (χ0v) is 33.0. The lowest BCUT2D eigenvalue weighted by atomic mass is 9.62. The van der Waals surface area contributed by atoms with E-state index in [1.54, 1.807) is 4.90 Å². The fourth-order valence-corrected chi connectivity index (χ4v) is 9.40. The van der Waals surface area contributed by atoms with E-state index in [2.05, 4.69) is 29.6 Å². The van der Waals surface area contributed by atoms with Gasteiger partial charge in [-0.3, -0.25) is 14.6 Å². The number of nitrogens with one attached hydrogen (secondary N) is 1. The molecule has 1 aromatic heterocycles. The van der Waals surface area contributed by atoms with Crippen molar-refractivity contribution in [3.63, 3.8) is 0 Å². The fourth-order valence-electron chi connectivity index (χ4n) is 9.40. The molecule has 1 aliphatic heterocycles. The highest BCUT2D eigenvalue weighted by atomic mass is 19.4. The molecule has 1 saturated heterocycles. The van der Waals surface area contributed by atoms with Gasteiger partial charge in [0.2, 0.25) is 5.91 Å². The number of aromatic nitrogens is 1. The number of carbonyl (C=O) groups is 3. The van der Waals surface area contributed by atoms with E-state index in [1.165, 1.54) is 19.2 Å². The lowest BCUT2D eigenvalue weighted by molar-refractivity contribution is -0.165. The molecule has 1 fully saturated rings. The Balaban J connectivity index is 1.02. The number of pyridine rings is 1. The maximum Gasteiger partial charge on any atom is 0.416 e. The summed E-state index contributed by atoms with van der Waals surface area (Å²) in [5.41, 5.74) is 6.00. The van der Waals surface area contributed by atoms with Crippen molar-refractivity contribution < 1.29 is 37.0 Å². The molecule has 5 aromatic rings. The molecule has 4 aromatic carbocycles. The first kappa shape index (κ1) is 39.1. The molecule has 3 aliphatic rings. The van der Waals surface area contributed by atoms with Crippen LogP contribution in [0.5, 0.6) is 0 Å². The number of piperidine rings is 1. The first-order valence-corrected chi connectivity index (χ1v) is 19.7. The van der Waals surface area contributed by atoms with Crippen LogP contribution in [-0.2, 0) is 38.1 Å². The highest BCUT2D eigenvalue weighted by Gasteiger charge is 2.54. The minimum Gasteiger partial charge on any atom is -0.469 e. The standard InChI is InChI=1S/C47H46F3N3O5/c1-45(2,3)25-40(52-44(56)58-26-38-36-13-7-5-11-34(36)35-12-6-8-14-37(35)38)42(54)53-21-20-32-23-39-30(24-46(32,27-53)43(55)57-4)22-29-10-9-15-33(41(29)51-39)28-16-18-31(19-17-28)47(48,49)50/h5-19,22,32,38,40H,20-21,23-27H2,1-4H3,(H,52,56)/t32-,40-,46-/m0/s1. The number of hydrogen-bond donors (Lipinski definition) is 1. The van der Waals surface area contributed by atoms with Crippen LogP contribution < -0.4 is 5.32 Å². The van der Waals surface area contributed by atoms with E-state index in [9.17, 15) is 27.6 Å². The van der Waals surface area contributed by atoms with Crippen LogP contribution in [0, 0.1) is 16.7 Å². The molecule has 3 atom stereocenters. The van der Waals surface area contributed by atoms with Crippen LogP contribution in [-0.4, -0.2) is 60.7 Å². The summed E-state index contributed by atoms with van der Waals surface area (Å²) in [6.07, 6.45) is -3.50. The lowest BCUT2D eigenvalue weighted by Gasteiger charge is -2.49. The molecule has 2 amide bonds. The Morgan fingerprint density at radius 2 is 1.55 bits per heavy atom. The Hall–Kier alpha value is -5.71. The number of benzene rings is 4. The number of rotatable bonds is 7. The molecule has 2 aliphatic carbocycles. The summed E-state index contributed by atoms with van der Waals surface area (Å²) in [4.78, 5) is 48.7. The van der Waals surface area contributed by atoms with Gasteiger partial charge >= 0.3 is 18.2 Å². The lowest BCUT2D eigenvalue weighted by Crippen LogP contribution is -2.61. The maximum absolute atomic E-state index is 14.5. The number of esters is 1. The number of ether oxygens (including phenoxy) is 2. The van der Waals surface area contributed by atoms with Gasteiger partial charge in [-0.1, -0.05) is 99.6 Å². The van der Waals surface area contributed by atoms with Crippen LogP contribution in [0.2, 0.25) is 0 Å². The summed E-state index contributed by atoms with van der Waals surface area (Å²) in [6, 6.07) is 28.0. The van der Waals surface area contributed by atoms with Crippen molar-refractivity contribution in [3.8, 4) is 22.3 Å². The molecule has 1 N–H and O–H groups in total. The molecule has 58 heavy (non-hydrogen) atoms. The van der Waals surface area contributed by atoms with Gasteiger partial charge in [0.15, 0.2) is 0 Å². The SMILES string of the molecule is COC(=O)[C@]12Cc3cc4cccc(-c5ccc(C(F)(F)F)cc5)c4nc3C[C@@H]1CCN(C(=O)[C@H](CC(C)(C)C)NC(=O)OCC1c3ccccc3-c3ccccc31)C2. The summed E-state index contributed by atoms with van der Waals surface area (Å²) in [5.74, 6) is -1.01. The molecular weight excluding hydrogens is 744 g/mol. The predicted octanol–water partition coefficient (Wildman–Crippen LogP) is 9.37. The smallest absolute Gasteiger partial charge is 0.416 e. The van der Waals surface area contributed by atoms with Gasteiger partial charge < -0.3 is 19.7 Å². The number of likely N-dealkylation sites (tertiary alicyclic amines) is 1. The van der Waals surface area contributed by atoms with E-state index in [0.717, 1.165) is 51.0 Å². The second-order valence-electron chi connectivity index (χ2n) is 17.1. The van der Waals surface area contributed by atoms with Gasteiger partial charge in [-0.05, 0) is 88.6 Å². The Morgan fingerprint density at radius 1 is 0.897 bits per heavy atom. The minimum atomic E-state index is -4.44. The second kappa shape index (κ2) is 14.9. The molecule has 0 radical (unpaired) electrons. The number of nitrogens with zero attached hydrogens (tertiary/aromatic N) is 2. The Kier molecular flexibility index (Phi) is 10.1. The number of para-hydroxylation sites is 1. The third-order valence-electron chi connectivity index (χ3n) is 12.1. The van der Waals surface area contributed by atoms with Crippen LogP contribution >= 0.6 is 0 Å². The second-order valence-corrected chi connectivity index (χ2v) is 17.1. The van der Waals surface area contributed by atoms with Gasteiger partial charge in [-0.15, -0.1) is 0 Å². The highest BCUT2D eigenvalue weighted by molar-refractivity contribution is 5.94. The van der Waals surface area contributed by atoms with Crippen molar-refractivity contribution in [2.45, 2.75) is 64.6 Å². The molecule has 0 unspecified atom stereocenters. The van der Waals surface area contributed by atoms with E-state index in [-0.39, 0.29) is 36.3 Å². The van der Waals surface area contributed by atoms with Gasteiger partial charge in [0.25, 0.3) is 0 Å². The van der Waals surface area contributed by atoms with Gasteiger partial charge in [0.05, 0.1) is 23.6 Å². The zero-order chi connectivity index (χ0) is 41.0. The maximum atomic E-state index is 14.5. The van der Waals surface area contributed by atoms with Crippen LogP contribution in [0.15, 0.2) is 97.1 Å². The average Bonchev–Trinajstić information content (AvgIpc) is 3.52. The Morgan fingerprint density at radius 3 is 2.19 bits per heavy atom. The molecule has 2 heterocycles. The average molecular weight is 790 g/mol. The molecule has 0 bridgehead atoms. The van der Waals surface area contributed by atoms with E-state index in [4.69, 9.17) is 14.5 Å². The molecule has 0 spiro atoms. The zero-order valence-electron chi connectivity index (χ0n) is 33.0. The van der Waals surface area contributed by atoms with E-state index >= 15 is 0 Å². The van der Waals surface area contributed by atoms with Crippen molar-refractivity contribution in [1.29, 1.82) is 0 Å². The molecular formula is C47H46F3N3O5. The number of halogens is 3. The van der Waals surface area contributed by atoms with Crippen LogP contribution in [0.4, 0.5) is 18.0 Å². The molecule has 11 heteroatoms. The van der Waals surface area contributed by atoms with Gasteiger partial charge in [-0.2, -0.15) is 13.2 Å². The summed E-state index contributed by atoms with van der Waals surface area (Å²) in [6.45, 7) is 6.61. The number of amides is 2. The normalized spacial score (nSPS) is 19.4. The van der Waals surface area contributed by atoms with Crippen molar-refractivity contribution in [2.75, 3.05) is 26.8 Å². The largest absolute Gasteiger partial charge is 0.469 e. The predicted molar refractivity (Wildman–Crippen MR) is 215 cm³/mol. The van der Waals surface area contributed by atoms with Gasteiger partial charge in [0, 0.05) is 35.7 Å². The van der Waals surface area contributed by atoms with Crippen molar-refractivity contribution >= 4 is 28.9 Å². The van der Waals surface area contributed by atoms with Crippen molar-refractivity contribution in [2.24, 2.45) is 16.7 Å². The van der Waals surface area contributed by atoms with Crippen molar-refractivity contribution in [3.05, 3.63) is 125 Å². The fraction of sp³-hybridized carbons (Fsp3) is 0.362. The third kappa shape index (κ3) is 7.31. The molecule has 8 nitrogen and oxygen atoms in total. The number of fused-ring (bicyclic) bond motifs is 6.